The molecule has 2 unspecified atom stereocenters. The molecule has 2 atom stereocenters. The van der Waals surface area contributed by atoms with E-state index in [9.17, 15) is 9.59 Å². The zero-order valence-electron chi connectivity index (χ0n) is 20.8. The van der Waals surface area contributed by atoms with Crippen LogP contribution in [0.15, 0.2) is 54.7 Å². The normalized spacial score (nSPS) is 16.7. The van der Waals surface area contributed by atoms with Gasteiger partial charge in [-0.2, -0.15) is 0 Å². The fraction of sp³-hybridized carbons (Fsp3) is 0.414. The molecule has 6 nitrogen and oxygen atoms in total. The molecule has 0 saturated carbocycles. The lowest BCUT2D eigenvalue weighted by Crippen LogP contribution is -2.46. The molecule has 0 bridgehead atoms. The van der Waals surface area contributed by atoms with Crippen molar-refractivity contribution in [3.05, 3.63) is 60.3 Å². The number of piperidine rings is 1. The highest BCUT2D eigenvalue weighted by Crippen LogP contribution is 2.32. The number of aromatic nitrogens is 1. The van der Waals surface area contributed by atoms with E-state index in [1.54, 1.807) is 13.8 Å². The molecule has 1 aromatic heterocycles. The summed E-state index contributed by atoms with van der Waals surface area (Å²) in [5.74, 6) is 0.498. The summed E-state index contributed by atoms with van der Waals surface area (Å²) in [6, 6.07) is 16.3. The summed E-state index contributed by atoms with van der Waals surface area (Å²) in [6.45, 7) is 7.38. The number of ether oxygens (including phenoxy) is 2. The zero-order chi connectivity index (χ0) is 24.8. The van der Waals surface area contributed by atoms with Crippen molar-refractivity contribution in [2.24, 2.45) is 5.92 Å². The number of carbonyl (C=O) groups excluding carboxylic acids is 2. The van der Waals surface area contributed by atoms with E-state index in [1.807, 2.05) is 35.4 Å². The van der Waals surface area contributed by atoms with Crippen molar-refractivity contribution in [1.29, 1.82) is 0 Å². The van der Waals surface area contributed by atoms with Crippen molar-refractivity contribution >= 4 is 22.8 Å². The van der Waals surface area contributed by atoms with Gasteiger partial charge < -0.3 is 14.4 Å². The SMILES string of the molecule is CCOC(=O)CC1CCCN(C(=O)C(C)Oc2ccc3c(-c4ccccc4CC)ccnc3c2)C1. The summed E-state index contributed by atoms with van der Waals surface area (Å²) in [6.07, 6.45) is 4.31. The fourth-order valence-electron chi connectivity index (χ4n) is 4.93. The van der Waals surface area contributed by atoms with Gasteiger partial charge in [-0.05, 0) is 73.9 Å². The van der Waals surface area contributed by atoms with Gasteiger partial charge in [0.15, 0.2) is 6.10 Å². The van der Waals surface area contributed by atoms with Crippen LogP contribution in [0.25, 0.3) is 22.0 Å². The summed E-state index contributed by atoms with van der Waals surface area (Å²) in [5.41, 5.74) is 4.48. The molecule has 1 aliphatic heterocycles. The van der Waals surface area contributed by atoms with Gasteiger partial charge in [-0.3, -0.25) is 14.6 Å². The average molecular weight is 475 g/mol. The Hall–Kier alpha value is -3.41. The number of hydrogen-bond donors (Lipinski definition) is 0. The Balaban J connectivity index is 1.46. The minimum atomic E-state index is -0.627. The van der Waals surface area contributed by atoms with E-state index >= 15 is 0 Å². The highest BCUT2D eigenvalue weighted by Gasteiger charge is 2.29. The second kappa shape index (κ2) is 11.3. The average Bonchev–Trinajstić information content (AvgIpc) is 2.88. The summed E-state index contributed by atoms with van der Waals surface area (Å²) in [7, 11) is 0. The first-order chi connectivity index (χ1) is 17.0. The third kappa shape index (κ3) is 5.81. The summed E-state index contributed by atoms with van der Waals surface area (Å²) < 4.78 is 11.1. The predicted octanol–water partition coefficient (Wildman–Crippen LogP) is 5.42. The largest absolute Gasteiger partial charge is 0.481 e. The van der Waals surface area contributed by atoms with Crippen LogP contribution in [0.5, 0.6) is 5.75 Å². The molecular formula is C29H34N2O4. The number of benzene rings is 2. The molecule has 0 radical (unpaired) electrons. The molecule has 0 spiro atoms. The molecule has 0 aliphatic carbocycles. The topological polar surface area (TPSA) is 68.7 Å². The van der Waals surface area contributed by atoms with Crippen LogP contribution >= 0.6 is 0 Å². The number of rotatable bonds is 8. The Kier molecular flexibility index (Phi) is 8.01. The van der Waals surface area contributed by atoms with E-state index < -0.39 is 6.10 Å². The number of fused-ring (bicyclic) bond motifs is 1. The lowest BCUT2D eigenvalue weighted by Gasteiger charge is -2.34. The predicted molar refractivity (Wildman–Crippen MR) is 137 cm³/mol. The van der Waals surface area contributed by atoms with E-state index in [4.69, 9.17) is 9.47 Å². The molecule has 1 fully saturated rings. The van der Waals surface area contributed by atoms with Crippen LogP contribution in [0.4, 0.5) is 0 Å². The van der Waals surface area contributed by atoms with Crippen molar-refractivity contribution in [2.75, 3.05) is 19.7 Å². The molecule has 4 rings (SSSR count). The molecule has 2 aromatic carbocycles. The molecule has 0 N–H and O–H groups in total. The first-order valence-electron chi connectivity index (χ1n) is 12.6. The third-order valence-corrected chi connectivity index (χ3v) is 6.65. The minimum Gasteiger partial charge on any atom is -0.481 e. The standard InChI is InChI=1S/C29H34N2O4/c1-4-22-10-6-7-11-24(22)25-14-15-30-27-18-23(12-13-26(25)27)35-20(3)29(33)31-16-8-9-21(19-31)17-28(32)34-5-2/h6-7,10-15,18,20-21H,4-5,8-9,16-17,19H2,1-3H3. The number of likely N-dealkylation sites (tertiary alicyclic amines) is 1. The summed E-state index contributed by atoms with van der Waals surface area (Å²) in [4.78, 5) is 31.3. The van der Waals surface area contributed by atoms with Gasteiger partial charge in [-0.1, -0.05) is 31.2 Å². The lowest BCUT2D eigenvalue weighted by atomic mass is 9.94. The number of pyridine rings is 1. The molecule has 35 heavy (non-hydrogen) atoms. The van der Waals surface area contributed by atoms with Crippen LogP contribution in [0.3, 0.4) is 0 Å². The number of nitrogens with zero attached hydrogens (tertiary/aromatic N) is 2. The Labute approximate surface area is 207 Å². The van der Waals surface area contributed by atoms with Gasteiger partial charge >= 0.3 is 5.97 Å². The van der Waals surface area contributed by atoms with Gasteiger partial charge in [-0.25, -0.2) is 0 Å². The maximum Gasteiger partial charge on any atom is 0.306 e. The fourth-order valence-corrected chi connectivity index (χ4v) is 4.93. The van der Waals surface area contributed by atoms with Crippen LogP contribution in [0.2, 0.25) is 0 Å². The lowest BCUT2D eigenvalue weighted by molar-refractivity contribution is -0.147. The Morgan fingerprint density at radius 1 is 1.11 bits per heavy atom. The van der Waals surface area contributed by atoms with E-state index in [0.29, 0.717) is 31.9 Å². The number of amides is 1. The molecule has 1 amide bonds. The molecule has 6 heteroatoms. The number of hydrogen-bond acceptors (Lipinski definition) is 5. The van der Waals surface area contributed by atoms with Gasteiger partial charge in [0.25, 0.3) is 5.91 Å². The molecule has 1 saturated heterocycles. The number of aryl methyl sites for hydroxylation is 1. The maximum atomic E-state index is 13.1. The van der Waals surface area contributed by atoms with E-state index in [2.05, 4.69) is 36.2 Å². The highest BCUT2D eigenvalue weighted by molar-refractivity contribution is 5.95. The quantitative estimate of drug-likeness (QED) is 0.408. The van der Waals surface area contributed by atoms with Crippen molar-refractivity contribution in [3.63, 3.8) is 0 Å². The van der Waals surface area contributed by atoms with Crippen molar-refractivity contribution in [1.82, 2.24) is 9.88 Å². The van der Waals surface area contributed by atoms with E-state index in [-0.39, 0.29) is 17.8 Å². The summed E-state index contributed by atoms with van der Waals surface area (Å²) >= 11 is 0. The van der Waals surface area contributed by atoms with Crippen LogP contribution in [-0.4, -0.2) is 47.6 Å². The number of esters is 1. The van der Waals surface area contributed by atoms with Gasteiger partial charge in [0, 0.05) is 30.7 Å². The highest BCUT2D eigenvalue weighted by atomic mass is 16.5. The van der Waals surface area contributed by atoms with Crippen molar-refractivity contribution in [3.8, 4) is 16.9 Å². The third-order valence-electron chi connectivity index (χ3n) is 6.65. The smallest absolute Gasteiger partial charge is 0.306 e. The Morgan fingerprint density at radius 3 is 2.74 bits per heavy atom. The van der Waals surface area contributed by atoms with Gasteiger partial charge in [0.05, 0.1) is 18.5 Å². The second-order valence-electron chi connectivity index (χ2n) is 9.11. The van der Waals surface area contributed by atoms with Crippen LogP contribution in [-0.2, 0) is 20.7 Å². The first kappa shape index (κ1) is 24.7. The van der Waals surface area contributed by atoms with Crippen LogP contribution in [0, 0.1) is 5.92 Å². The Morgan fingerprint density at radius 2 is 1.94 bits per heavy atom. The van der Waals surface area contributed by atoms with Crippen molar-refractivity contribution in [2.45, 2.75) is 52.6 Å². The molecule has 184 valence electrons. The van der Waals surface area contributed by atoms with Gasteiger partial charge in [0.2, 0.25) is 0 Å². The molecule has 2 heterocycles. The zero-order valence-corrected chi connectivity index (χ0v) is 20.8. The van der Waals surface area contributed by atoms with Crippen molar-refractivity contribution < 1.29 is 19.1 Å². The van der Waals surface area contributed by atoms with Gasteiger partial charge in [0.1, 0.15) is 5.75 Å². The van der Waals surface area contributed by atoms with Crippen LogP contribution in [0.1, 0.15) is 45.6 Å². The van der Waals surface area contributed by atoms with Gasteiger partial charge in [-0.15, -0.1) is 0 Å². The monoisotopic (exact) mass is 474 g/mol. The molecular weight excluding hydrogens is 440 g/mol. The van der Waals surface area contributed by atoms with E-state index in [0.717, 1.165) is 35.7 Å². The minimum absolute atomic E-state index is 0.0581. The molecule has 1 aliphatic rings. The van der Waals surface area contributed by atoms with Crippen LogP contribution < -0.4 is 4.74 Å². The summed E-state index contributed by atoms with van der Waals surface area (Å²) in [5, 5.41) is 1.05. The Bertz CT molecular complexity index is 1190. The number of carbonyl (C=O) groups is 2. The molecule has 3 aromatic rings. The first-order valence-corrected chi connectivity index (χ1v) is 12.6. The maximum absolute atomic E-state index is 13.1. The second-order valence-corrected chi connectivity index (χ2v) is 9.11. The van der Waals surface area contributed by atoms with E-state index in [1.165, 1.54) is 11.1 Å².